The number of alkyl halides is 4. The Morgan fingerprint density at radius 2 is 1.79 bits per heavy atom. The fourth-order valence-electron chi connectivity index (χ4n) is 3.04. The van der Waals surface area contributed by atoms with Gasteiger partial charge in [0.1, 0.15) is 11.6 Å². The zero-order chi connectivity index (χ0) is 24.9. The lowest BCUT2D eigenvalue weighted by molar-refractivity contribution is -0.139. The van der Waals surface area contributed by atoms with E-state index in [2.05, 4.69) is 10.6 Å². The van der Waals surface area contributed by atoms with Crippen LogP contribution in [0.4, 0.5) is 42.5 Å². The third-order valence-electron chi connectivity index (χ3n) is 4.68. The molecule has 0 spiro atoms. The standard InChI is InChI=1S/C23H18F6N2O3/c24-8-1-9-34-21-11-14(3-7-20(21)32)13-2-6-19(18(26)10-13)31-22(33)30-15-4-5-17(25)16(12-15)23(27,28)29/h2-6,10-12H,1,7-9H2,(H2,30,31,33). The zero-order valence-electron chi connectivity index (χ0n) is 17.4. The Hall–Kier alpha value is -3.76. The molecule has 0 fully saturated rings. The first kappa shape index (κ1) is 24.9. The molecule has 0 aliphatic heterocycles. The molecule has 0 bridgehead atoms. The lowest BCUT2D eigenvalue weighted by Crippen LogP contribution is -2.21. The van der Waals surface area contributed by atoms with Gasteiger partial charge in [-0.05, 0) is 47.5 Å². The summed E-state index contributed by atoms with van der Waals surface area (Å²) in [5.41, 5.74) is -1.31. The molecule has 2 amide bonds. The summed E-state index contributed by atoms with van der Waals surface area (Å²) in [6, 6.07) is 4.63. The molecule has 1 aliphatic carbocycles. The molecule has 0 heterocycles. The van der Waals surface area contributed by atoms with Crippen molar-refractivity contribution >= 4 is 28.8 Å². The Kier molecular flexibility index (Phi) is 7.64. The second-order valence-electron chi connectivity index (χ2n) is 7.15. The van der Waals surface area contributed by atoms with Crippen molar-refractivity contribution in [1.82, 2.24) is 0 Å². The summed E-state index contributed by atoms with van der Waals surface area (Å²) in [5, 5.41) is 4.25. The first-order valence-corrected chi connectivity index (χ1v) is 9.97. The average molecular weight is 484 g/mol. The van der Waals surface area contributed by atoms with Crippen LogP contribution >= 0.6 is 0 Å². The van der Waals surface area contributed by atoms with Crippen molar-refractivity contribution in [3.8, 4) is 0 Å². The number of urea groups is 1. The van der Waals surface area contributed by atoms with Gasteiger partial charge in [0.15, 0.2) is 5.76 Å². The van der Waals surface area contributed by atoms with Crippen LogP contribution in [-0.2, 0) is 15.7 Å². The third kappa shape index (κ3) is 6.18. The molecule has 11 heteroatoms. The topological polar surface area (TPSA) is 67.4 Å². The van der Waals surface area contributed by atoms with Gasteiger partial charge in [0.2, 0.25) is 5.78 Å². The minimum Gasteiger partial charge on any atom is -0.490 e. The predicted molar refractivity (Wildman–Crippen MR) is 113 cm³/mol. The van der Waals surface area contributed by atoms with Crippen molar-refractivity contribution in [1.29, 1.82) is 0 Å². The highest BCUT2D eigenvalue weighted by Crippen LogP contribution is 2.33. The van der Waals surface area contributed by atoms with Gasteiger partial charge in [-0.2, -0.15) is 13.2 Å². The first-order chi connectivity index (χ1) is 16.1. The molecule has 0 saturated heterocycles. The largest absolute Gasteiger partial charge is 0.490 e. The number of hydrogen-bond donors (Lipinski definition) is 2. The highest BCUT2D eigenvalue weighted by molar-refractivity contribution is 6.02. The number of rotatable bonds is 7. The predicted octanol–water partition coefficient (Wildman–Crippen LogP) is 6.24. The van der Waals surface area contributed by atoms with Gasteiger partial charge >= 0.3 is 12.2 Å². The number of carbonyl (C=O) groups is 2. The Bertz CT molecular complexity index is 1160. The van der Waals surface area contributed by atoms with E-state index in [0.717, 1.165) is 12.1 Å². The van der Waals surface area contributed by atoms with E-state index < -0.39 is 36.1 Å². The van der Waals surface area contributed by atoms with E-state index in [9.17, 15) is 35.9 Å². The highest BCUT2D eigenvalue weighted by Gasteiger charge is 2.34. The molecule has 0 atom stereocenters. The Labute approximate surface area is 190 Å². The molecule has 2 N–H and O–H groups in total. The van der Waals surface area contributed by atoms with Gasteiger partial charge in [0.05, 0.1) is 24.5 Å². The molecule has 5 nitrogen and oxygen atoms in total. The third-order valence-corrected chi connectivity index (χ3v) is 4.68. The Balaban J connectivity index is 1.70. The molecule has 0 radical (unpaired) electrons. The quantitative estimate of drug-likeness (QED) is 0.361. The molecule has 0 aromatic heterocycles. The molecular weight excluding hydrogens is 466 g/mol. The number of benzene rings is 2. The van der Waals surface area contributed by atoms with Crippen molar-refractivity contribution < 1.29 is 40.7 Å². The van der Waals surface area contributed by atoms with Gasteiger partial charge in [0.25, 0.3) is 0 Å². The molecule has 1 aliphatic rings. The SMILES string of the molecule is O=C(Nc1ccc(F)c(C(F)(F)F)c1)Nc1ccc(C2=CCC(=O)C(OCCCF)=C2)cc1F. The van der Waals surface area contributed by atoms with E-state index in [1.54, 1.807) is 6.08 Å². The second-order valence-corrected chi connectivity index (χ2v) is 7.15. The maximum Gasteiger partial charge on any atom is 0.419 e. The van der Waals surface area contributed by atoms with E-state index >= 15 is 0 Å². The van der Waals surface area contributed by atoms with E-state index in [4.69, 9.17) is 4.74 Å². The fourth-order valence-corrected chi connectivity index (χ4v) is 3.04. The van der Waals surface area contributed by atoms with E-state index in [1.807, 2.05) is 0 Å². The minimum absolute atomic E-state index is 0.0123. The van der Waals surface area contributed by atoms with Gasteiger partial charge in [-0.3, -0.25) is 9.18 Å². The molecule has 2 aromatic carbocycles. The first-order valence-electron chi connectivity index (χ1n) is 9.97. The van der Waals surface area contributed by atoms with E-state index in [1.165, 1.54) is 18.2 Å². The van der Waals surface area contributed by atoms with Crippen molar-refractivity contribution in [2.24, 2.45) is 0 Å². The molecule has 0 saturated carbocycles. The number of ether oxygens (including phenoxy) is 1. The number of halogens is 6. The zero-order valence-corrected chi connectivity index (χ0v) is 17.4. The molecule has 180 valence electrons. The molecular formula is C23H18F6N2O3. The summed E-state index contributed by atoms with van der Waals surface area (Å²) in [6.07, 6.45) is -1.85. The van der Waals surface area contributed by atoms with E-state index in [-0.39, 0.29) is 42.4 Å². The number of nitrogens with one attached hydrogen (secondary N) is 2. The normalized spacial score (nSPS) is 13.8. The minimum atomic E-state index is -4.95. The lowest BCUT2D eigenvalue weighted by Gasteiger charge is -2.15. The van der Waals surface area contributed by atoms with Crippen molar-refractivity contribution in [2.75, 3.05) is 23.9 Å². The number of amides is 2. The summed E-state index contributed by atoms with van der Waals surface area (Å²) in [6.45, 7) is -0.575. The molecule has 3 rings (SSSR count). The van der Waals surface area contributed by atoms with E-state index in [0.29, 0.717) is 23.3 Å². The van der Waals surface area contributed by atoms with Crippen LogP contribution in [0.25, 0.3) is 5.57 Å². The number of Topliss-reactive ketones (excluding diaryl/α,β-unsaturated/α-hetero) is 1. The summed E-state index contributed by atoms with van der Waals surface area (Å²) in [4.78, 5) is 24.0. The van der Waals surface area contributed by atoms with Gasteiger partial charge in [-0.1, -0.05) is 12.1 Å². The van der Waals surface area contributed by atoms with Crippen LogP contribution in [0.1, 0.15) is 24.0 Å². The van der Waals surface area contributed by atoms with Crippen LogP contribution in [0.5, 0.6) is 0 Å². The molecule has 0 unspecified atom stereocenters. The maximum absolute atomic E-state index is 14.6. The lowest BCUT2D eigenvalue weighted by atomic mass is 9.97. The number of anilines is 2. The fraction of sp³-hybridized carbons (Fsp3) is 0.217. The van der Waals surface area contributed by atoms with Crippen LogP contribution in [0.2, 0.25) is 0 Å². The summed E-state index contributed by atoms with van der Waals surface area (Å²) in [5.74, 6) is -2.62. The number of hydrogen-bond acceptors (Lipinski definition) is 3. The van der Waals surface area contributed by atoms with Crippen molar-refractivity contribution in [3.05, 3.63) is 77.1 Å². The van der Waals surface area contributed by atoms with Crippen LogP contribution in [0.15, 0.2) is 54.3 Å². The number of carbonyl (C=O) groups excluding carboxylic acids is 2. The highest BCUT2D eigenvalue weighted by atomic mass is 19.4. The van der Waals surface area contributed by atoms with Crippen molar-refractivity contribution in [2.45, 2.75) is 19.0 Å². The summed E-state index contributed by atoms with van der Waals surface area (Å²) < 4.78 is 83.9. The second kappa shape index (κ2) is 10.4. The monoisotopic (exact) mass is 484 g/mol. The van der Waals surface area contributed by atoms with Gasteiger partial charge in [-0.15, -0.1) is 0 Å². The van der Waals surface area contributed by atoms with Crippen molar-refractivity contribution in [3.63, 3.8) is 0 Å². The van der Waals surface area contributed by atoms with Gasteiger partial charge in [-0.25, -0.2) is 13.6 Å². The summed E-state index contributed by atoms with van der Waals surface area (Å²) >= 11 is 0. The smallest absolute Gasteiger partial charge is 0.419 e. The number of allylic oxidation sites excluding steroid dienone is 4. The molecule has 34 heavy (non-hydrogen) atoms. The molecule has 2 aromatic rings. The van der Waals surface area contributed by atoms with Gasteiger partial charge in [0, 0.05) is 18.5 Å². The Morgan fingerprint density at radius 3 is 2.47 bits per heavy atom. The van der Waals surface area contributed by atoms with Gasteiger partial charge < -0.3 is 15.4 Å². The maximum atomic E-state index is 14.6. The average Bonchev–Trinajstić information content (AvgIpc) is 2.77. The number of ketones is 1. The Morgan fingerprint density at radius 1 is 1.03 bits per heavy atom. The van der Waals surface area contributed by atoms with Crippen LogP contribution < -0.4 is 10.6 Å². The van der Waals surface area contributed by atoms with Crippen LogP contribution in [0, 0.1) is 11.6 Å². The summed E-state index contributed by atoms with van der Waals surface area (Å²) in [7, 11) is 0. The van der Waals surface area contributed by atoms with Crippen LogP contribution in [0.3, 0.4) is 0 Å². The van der Waals surface area contributed by atoms with Crippen LogP contribution in [-0.4, -0.2) is 25.1 Å².